The van der Waals surface area contributed by atoms with Crippen LogP contribution in [0.5, 0.6) is 11.5 Å². The molecule has 1 N–H and O–H groups in total. The first kappa shape index (κ1) is 13.0. The van der Waals surface area contributed by atoms with E-state index in [4.69, 9.17) is 9.47 Å². The van der Waals surface area contributed by atoms with Gasteiger partial charge < -0.3 is 19.7 Å². The van der Waals surface area contributed by atoms with Crippen molar-refractivity contribution in [3.05, 3.63) is 24.4 Å². The quantitative estimate of drug-likeness (QED) is 0.921. The van der Waals surface area contributed by atoms with Crippen LogP contribution in [0.3, 0.4) is 0 Å². The Balaban J connectivity index is 2.20. The van der Waals surface area contributed by atoms with Gasteiger partial charge in [-0.2, -0.15) is 0 Å². The van der Waals surface area contributed by atoms with Gasteiger partial charge in [-0.1, -0.05) is 0 Å². The minimum Gasteiger partial charge on any atom is -0.496 e. The number of hydrogen-bond acceptors (Lipinski definition) is 5. The number of pyridine rings is 1. The Hall–Kier alpha value is -2.01. The summed E-state index contributed by atoms with van der Waals surface area (Å²) in [5.74, 6) is 1.61. The molecule has 1 saturated heterocycles. The lowest BCUT2D eigenvalue weighted by molar-refractivity contribution is 0.409. The van der Waals surface area contributed by atoms with Gasteiger partial charge in [0.15, 0.2) is 0 Å². The van der Waals surface area contributed by atoms with Crippen LogP contribution >= 0.6 is 0 Å². The minimum atomic E-state index is 0.776. The molecule has 106 valence electrons. The molecule has 1 aliphatic heterocycles. The number of nitrogens with one attached hydrogen (secondary N) is 1. The molecule has 0 saturated carbocycles. The number of fused-ring (bicyclic) bond motifs is 1. The zero-order chi connectivity index (χ0) is 13.9. The number of nitrogens with zero attached hydrogens (tertiary/aromatic N) is 2. The summed E-state index contributed by atoms with van der Waals surface area (Å²) in [5, 5.41) is 4.39. The number of aromatic nitrogens is 1. The van der Waals surface area contributed by atoms with Crippen LogP contribution in [0.15, 0.2) is 24.4 Å². The average Bonchev–Trinajstić information content (AvgIpc) is 2.54. The second-order valence-electron chi connectivity index (χ2n) is 4.76. The lowest BCUT2D eigenvalue weighted by Crippen LogP contribution is -2.43. The summed E-state index contributed by atoms with van der Waals surface area (Å²) >= 11 is 0. The van der Waals surface area contributed by atoms with Gasteiger partial charge in [0.05, 0.1) is 25.3 Å². The minimum absolute atomic E-state index is 0.776. The van der Waals surface area contributed by atoms with Gasteiger partial charge >= 0.3 is 0 Å². The molecule has 5 nitrogen and oxygen atoms in total. The number of anilines is 1. The van der Waals surface area contributed by atoms with Crippen LogP contribution in [0.2, 0.25) is 0 Å². The molecule has 1 fully saturated rings. The van der Waals surface area contributed by atoms with E-state index in [0.717, 1.165) is 54.3 Å². The fraction of sp³-hybridized carbons (Fsp3) is 0.400. The van der Waals surface area contributed by atoms with Crippen molar-refractivity contribution in [2.24, 2.45) is 0 Å². The highest BCUT2D eigenvalue weighted by atomic mass is 16.5. The van der Waals surface area contributed by atoms with Crippen molar-refractivity contribution in [1.29, 1.82) is 0 Å². The van der Waals surface area contributed by atoms with Gasteiger partial charge in [-0.05, 0) is 18.2 Å². The summed E-state index contributed by atoms with van der Waals surface area (Å²) in [4.78, 5) is 6.83. The van der Waals surface area contributed by atoms with Crippen LogP contribution in [0, 0.1) is 0 Å². The summed E-state index contributed by atoms with van der Waals surface area (Å²) < 4.78 is 10.9. The maximum absolute atomic E-state index is 5.52. The van der Waals surface area contributed by atoms with Crippen LogP contribution in [-0.2, 0) is 0 Å². The van der Waals surface area contributed by atoms with E-state index in [2.05, 4.69) is 21.3 Å². The maximum atomic E-state index is 5.52. The van der Waals surface area contributed by atoms with Crippen molar-refractivity contribution in [3.63, 3.8) is 0 Å². The fourth-order valence-electron chi connectivity index (χ4n) is 2.70. The molecule has 1 aromatic carbocycles. The molecule has 0 spiro atoms. The number of methoxy groups -OCH3 is 2. The van der Waals surface area contributed by atoms with Crippen molar-refractivity contribution in [1.82, 2.24) is 10.3 Å². The summed E-state index contributed by atoms with van der Waals surface area (Å²) in [7, 11) is 3.36. The smallest absolute Gasteiger partial charge is 0.145 e. The predicted molar refractivity (Wildman–Crippen MR) is 79.9 cm³/mol. The molecule has 2 aromatic rings. The first-order valence-electron chi connectivity index (χ1n) is 6.80. The Bertz CT molecular complexity index is 609. The Labute approximate surface area is 118 Å². The van der Waals surface area contributed by atoms with E-state index >= 15 is 0 Å². The zero-order valence-electron chi connectivity index (χ0n) is 11.8. The first-order valence-corrected chi connectivity index (χ1v) is 6.80. The number of piperazine rings is 1. The maximum Gasteiger partial charge on any atom is 0.145 e. The second-order valence-corrected chi connectivity index (χ2v) is 4.76. The molecule has 0 bridgehead atoms. The van der Waals surface area contributed by atoms with Gasteiger partial charge in [0.25, 0.3) is 0 Å². The van der Waals surface area contributed by atoms with E-state index in [-0.39, 0.29) is 0 Å². The van der Waals surface area contributed by atoms with Crippen molar-refractivity contribution in [2.45, 2.75) is 0 Å². The van der Waals surface area contributed by atoms with Gasteiger partial charge in [-0.25, -0.2) is 0 Å². The molecule has 3 rings (SSSR count). The van der Waals surface area contributed by atoms with Crippen molar-refractivity contribution in [2.75, 3.05) is 45.3 Å². The largest absolute Gasteiger partial charge is 0.496 e. The lowest BCUT2D eigenvalue weighted by Gasteiger charge is -2.30. The third-order valence-electron chi connectivity index (χ3n) is 3.69. The third-order valence-corrected chi connectivity index (χ3v) is 3.69. The Morgan fingerprint density at radius 1 is 1.05 bits per heavy atom. The fourth-order valence-corrected chi connectivity index (χ4v) is 2.70. The highest BCUT2D eigenvalue weighted by Gasteiger charge is 2.18. The highest BCUT2D eigenvalue weighted by Crippen LogP contribution is 2.38. The molecule has 0 unspecified atom stereocenters. The van der Waals surface area contributed by atoms with E-state index < -0.39 is 0 Å². The van der Waals surface area contributed by atoms with Gasteiger partial charge in [-0.3, -0.25) is 4.98 Å². The summed E-state index contributed by atoms with van der Waals surface area (Å²) in [6.45, 7) is 3.96. The van der Waals surface area contributed by atoms with E-state index in [1.807, 2.05) is 18.3 Å². The van der Waals surface area contributed by atoms with Crippen molar-refractivity contribution >= 4 is 16.6 Å². The average molecular weight is 273 g/mol. The van der Waals surface area contributed by atoms with Gasteiger partial charge in [0.1, 0.15) is 17.0 Å². The number of hydrogen-bond donors (Lipinski definition) is 1. The topological polar surface area (TPSA) is 46.6 Å². The molecular formula is C15H19N3O2. The monoisotopic (exact) mass is 273 g/mol. The predicted octanol–water partition coefficient (Wildman–Crippen LogP) is 1.66. The Morgan fingerprint density at radius 3 is 2.45 bits per heavy atom. The molecule has 0 amide bonds. The number of benzene rings is 1. The molecule has 0 aliphatic carbocycles. The van der Waals surface area contributed by atoms with Gasteiger partial charge in [-0.15, -0.1) is 0 Å². The van der Waals surface area contributed by atoms with Crippen molar-refractivity contribution < 1.29 is 9.47 Å². The number of ether oxygens (including phenoxy) is 2. The zero-order valence-corrected chi connectivity index (χ0v) is 11.8. The van der Waals surface area contributed by atoms with Crippen LogP contribution < -0.4 is 19.7 Å². The van der Waals surface area contributed by atoms with Gasteiger partial charge in [0, 0.05) is 32.4 Å². The normalized spacial score (nSPS) is 15.4. The van der Waals surface area contributed by atoms with Gasteiger partial charge in [0.2, 0.25) is 0 Å². The molecular weight excluding hydrogens is 254 g/mol. The van der Waals surface area contributed by atoms with E-state index in [1.54, 1.807) is 14.2 Å². The molecule has 1 aromatic heterocycles. The van der Waals surface area contributed by atoms with E-state index in [9.17, 15) is 0 Å². The summed E-state index contributed by atoms with van der Waals surface area (Å²) in [5.41, 5.74) is 2.01. The van der Waals surface area contributed by atoms with Crippen LogP contribution in [-0.4, -0.2) is 45.4 Å². The molecule has 1 aliphatic rings. The molecule has 0 atom stereocenters. The Kier molecular flexibility index (Phi) is 3.60. The molecule has 20 heavy (non-hydrogen) atoms. The van der Waals surface area contributed by atoms with Crippen LogP contribution in [0.4, 0.5) is 5.69 Å². The van der Waals surface area contributed by atoms with Crippen molar-refractivity contribution in [3.8, 4) is 11.5 Å². The highest BCUT2D eigenvalue weighted by molar-refractivity contribution is 6.00. The van der Waals surface area contributed by atoms with E-state index in [1.165, 1.54) is 0 Å². The van der Waals surface area contributed by atoms with Crippen LogP contribution in [0.1, 0.15) is 0 Å². The second kappa shape index (κ2) is 5.54. The first-order chi connectivity index (χ1) is 9.85. The number of rotatable bonds is 3. The lowest BCUT2D eigenvalue weighted by atomic mass is 10.1. The SMILES string of the molecule is COc1ccc(OC)c2c(N3CCNCC3)ccnc12. The van der Waals surface area contributed by atoms with E-state index in [0.29, 0.717) is 0 Å². The van der Waals surface area contributed by atoms with Crippen LogP contribution in [0.25, 0.3) is 10.9 Å². The summed E-state index contributed by atoms with van der Waals surface area (Å²) in [6, 6.07) is 5.89. The molecule has 0 radical (unpaired) electrons. The third kappa shape index (κ3) is 2.14. The molecule has 2 heterocycles. The Morgan fingerprint density at radius 2 is 1.75 bits per heavy atom. The summed E-state index contributed by atoms with van der Waals surface area (Å²) in [6.07, 6.45) is 1.83. The standard InChI is InChI=1S/C15H19N3O2/c1-19-12-3-4-13(20-2)15-14(12)11(5-6-17-15)18-9-7-16-8-10-18/h3-6,16H,7-10H2,1-2H3. The molecule has 5 heteroatoms.